The third-order valence-electron chi connectivity index (χ3n) is 4.21. The van der Waals surface area contributed by atoms with E-state index in [-0.39, 0.29) is 18.4 Å². The molecule has 0 fully saturated rings. The Bertz CT molecular complexity index is 1110. The molecule has 3 nitrogen and oxygen atoms in total. The van der Waals surface area contributed by atoms with Gasteiger partial charge in [0, 0.05) is 5.56 Å². The Balaban J connectivity index is 2.76. The summed E-state index contributed by atoms with van der Waals surface area (Å²) in [4.78, 5) is 11.2. The molecule has 0 saturated heterocycles. The van der Waals surface area contributed by atoms with Crippen molar-refractivity contribution < 1.29 is 67.0 Å². The molecule has 0 aliphatic rings. The smallest absolute Gasteiger partial charge is 0.422 e. The zero-order chi connectivity index (χ0) is 27.5. The summed E-state index contributed by atoms with van der Waals surface area (Å²) in [5.41, 5.74) is -6.40. The topological polar surface area (TPSA) is 35.5 Å². The van der Waals surface area contributed by atoms with Gasteiger partial charge in [0.25, 0.3) is 0 Å². The monoisotopic (exact) mass is 540 g/mol. The van der Waals surface area contributed by atoms with Crippen molar-refractivity contribution in [1.29, 1.82) is 0 Å². The Morgan fingerprint density at radius 2 is 1.28 bits per heavy atom. The normalized spacial score (nSPS) is 13.5. The molecule has 15 heteroatoms. The first-order valence-electron chi connectivity index (χ1n) is 9.29. The summed E-state index contributed by atoms with van der Waals surface area (Å²) in [5.74, 6) is -1.54. The second-order valence-corrected chi connectivity index (χ2v) is 6.94. The number of hydrogen-bond acceptors (Lipinski definition) is 3. The van der Waals surface area contributed by atoms with Crippen molar-refractivity contribution in [3.63, 3.8) is 0 Å². The molecule has 0 saturated carbocycles. The molecule has 0 heterocycles. The summed E-state index contributed by atoms with van der Waals surface area (Å²) in [5, 5.41) is 0. The first-order valence-corrected chi connectivity index (χ1v) is 9.29. The van der Waals surface area contributed by atoms with E-state index in [1.807, 2.05) is 0 Å². The standard InChI is InChI=1S/C21H12F12O3/c22-18(23,24)9-35-12-2-4-17(36-10-19(25,26)27)15(8-12)13(5-6-34)14-3-1-11(20(28,29)30)7-16(14)21(31,32)33/h1-8H,9-10H2. The minimum Gasteiger partial charge on any atom is -0.484 e. The Kier molecular flexibility index (Phi) is 8.26. The van der Waals surface area contributed by atoms with Gasteiger partial charge < -0.3 is 9.47 Å². The zero-order valence-electron chi connectivity index (χ0n) is 17.3. The highest BCUT2D eigenvalue weighted by Gasteiger charge is 2.39. The second-order valence-electron chi connectivity index (χ2n) is 6.94. The third kappa shape index (κ3) is 8.09. The van der Waals surface area contributed by atoms with E-state index in [2.05, 4.69) is 9.47 Å². The summed E-state index contributed by atoms with van der Waals surface area (Å²) in [6.45, 7) is -3.88. The van der Waals surface area contributed by atoms with Crippen LogP contribution in [0.25, 0.3) is 5.57 Å². The Morgan fingerprint density at radius 3 is 1.78 bits per heavy atom. The third-order valence-corrected chi connectivity index (χ3v) is 4.21. The number of allylic oxidation sites excluding steroid dienone is 1. The van der Waals surface area contributed by atoms with Crippen molar-refractivity contribution in [1.82, 2.24) is 0 Å². The Labute approximate surface area is 193 Å². The van der Waals surface area contributed by atoms with Gasteiger partial charge in [-0.3, -0.25) is 4.79 Å². The molecule has 0 amide bonds. The van der Waals surface area contributed by atoms with Crippen LogP contribution in [0.5, 0.6) is 11.5 Å². The number of hydrogen-bond donors (Lipinski definition) is 0. The minimum atomic E-state index is -5.45. The number of rotatable bonds is 7. The minimum absolute atomic E-state index is 0.121. The maximum absolute atomic E-state index is 13.7. The molecule has 0 atom stereocenters. The zero-order valence-corrected chi connectivity index (χ0v) is 17.3. The predicted octanol–water partition coefficient (Wildman–Crippen LogP) is 7.24. The number of carbonyl (C=O) groups excluding carboxylic acids is 1. The fourth-order valence-corrected chi connectivity index (χ4v) is 2.84. The maximum Gasteiger partial charge on any atom is 0.422 e. The lowest BCUT2D eigenvalue weighted by Gasteiger charge is -2.21. The molecule has 0 unspecified atom stereocenters. The van der Waals surface area contributed by atoms with E-state index in [1.165, 1.54) is 0 Å². The summed E-state index contributed by atoms with van der Waals surface area (Å²) >= 11 is 0. The van der Waals surface area contributed by atoms with Crippen molar-refractivity contribution in [3.8, 4) is 11.5 Å². The van der Waals surface area contributed by atoms with Crippen LogP contribution in [0.4, 0.5) is 52.7 Å². The number of halogens is 12. The fraction of sp³-hybridized carbons (Fsp3) is 0.286. The van der Waals surface area contributed by atoms with Crippen LogP contribution in [0.2, 0.25) is 0 Å². The van der Waals surface area contributed by atoms with Crippen LogP contribution in [0, 0.1) is 0 Å². The van der Waals surface area contributed by atoms with Crippen molar-refractivity contribution in [2.24, 2.45) is 0 Å². The van der Waals surface area contributed by atoms with Crippen LogP contribution in [0.15, 0.2) is 42.5 Å². The summed E-state index contributed by atoms with van der Waals surface area (Å²) in [6, 6.07) is 2.18. The molecular formula is C21H12F12O3. The first-order chi connectivity index (χ1) is 16.3. The highest BCUT2D eigenvalue weighted by Crippen LogP contribution is 2.43. The van der Waals surface area contributed by atoms with Gasteiger partial charge in [-0.2, -0.15) is 52.7 Å². The SMILES string of the molecule is O=CC=C(c1cc(OCC(F)(F)F)ccc1OCC(F)(F)F)c1ccc(C(F)(F)F)cc1C(F)(F)F. The fourth-order valence-electron chi connectivity index (χ4n) is 2.84. The largest absolute Gasteiger partial charge is 0.484 e. The van der Waals surface area contributed by atoms with E-state index in [9.17, 15) is 57.5 Å². The van der Waals surface area contributed by atoms with E-state index in [0.717, 1.165) is 6.07 Å². The molecule has 198 valence electrons. The van der Waals surface area contributed by atoms with Gasteiger partial charge in [0.05, 0.1) is 11.1 Å². The Hall–Kier alpha value is -3.39. The van der Waals surface area contributed by atoms with Gasteiger partial charge in [-0.1, -0.05) is 6.07 Å². The van der Waals surface area contributed by atoms with Crippen LogP contribution in [0.3, 0.4) is 0 Å². The van der Waals surface area contributed by atoms with E-state index in [0.29, 0.717) is 24.3 Å². The molecule has 2 rings (SSSR count). The van der Waals surface area contributed by atoms with Gasteiger partial charge in [-0.15, -0.1) is 0 Å². The van der Waals surface area contributed by atoms with Crippen molar-refractivity contribution >= 4 is 11.9 Å². The van der Waals surface area contributed by atoms with Gasteiger partial charge in [0.15, 0.2) is 13.2 Å². The molecule has 0 aromatic heterocycles. The average Bonchev–Trinajstić information content (AvgIpc) is 2.72. The molecule has 0 bridgehead atoms. The number of aldehydes is 1. The van der Waals surface area contributed by atoms with Crippen molar-refractivity contribution in [3.05, 3.63) is 64.7 Å². The van der Waals surface area contributed by atoms with Gasteiger partial charge in [0.2, 0.25) is 0 Å². The van der Waals surface area contributed by atoms with Gasteiger partial charge in [-0.05, 0) is 47.5 Å². The lowest BCUT2D eigenvalue weighted by molar-refractivity contribution is -0.154. The highest BCUT2D eigenvalue weighted by molar-refractivity contribution is 5.92. The van der Waals surface area contributed by atoms with Crippen molar-refractivity contribution in [2.45, 2.75) is 24.7 Å². The number of ether oxygens (including phenoxy) is 2. The number of carbonyl (C=O) groups is 1. The molecule has 0 aliphatic heterocycles. The summed E-state index contributed by atoms with van der Waals surface area (Å²) < 4.78 is 164. The summed E-state index contributed by atoms with van der Waals surface area (Å²) in [6.07, 6.45) is -20.2. The quantitative estimate of drug-likeness (QED) is 0.211. The van der Waals surface area contributed by atoms with Crippen LogP contribution in [0.1, 0.15) is 22.3 Å². The average molecular weight is 540 g/mol. The van der Waals surface area contributed by atoms with Crippen LogP contribution < -0.4 is 9.47 Å². The molecule has 2 aromatic carbocycles. The molecule has 0 N–H and O–H groups in total. The molecule has 36 heavy (non-hydrogen) atoms. The molecular weight excluding hydrogens is 528 g/mol. The van der Waals surface area contributed by atoms with Crippen LogP contribution in [-0.4, -0.2) is 31.9 Å². The summed E-state index contributed by atoms with van der Waals surface area (Å²) in [7, 11) is 0. The maximum atomic E-state index is 13.7. The second kappa shape index (κ2) is 10.3. The van der Waals surface area contributed by atoms with E-state index >= 15 is 0 Å². The van der Waals surface area contributed by atoms with E-state index < -0.39 is 77.2 Å². The van der Waals surface area contributed by atoms with Gasteiger partial charge in [0.1, 0.15) is 17.8 Å². The van der Waals surface area contributed by atoms with Gasteiger partial charge in [-0.25, -0.2) is 0 Å². The molecule has 2 aromatic rings. The Morgan fingerprint density at radius 1 is 0.694 bits per heavy atom. The lowest BCUT2D eigenvalue weighted by Crippen LogP contribution is -2.20. The highest BCUT2D eigenvalue weighted by atomic mass is 19.4. The predicted molar refractivity (Wildman–Crippen MR) is 99.1 cm³/mol. The number of alkyl halides is 12. The molecule has 0 spiro atoms. The van der Waals surface area contributed by atoms with Crippen LogP contribution in [-0.2, 0) is 17.1 Å². The molecule has 0 aliphatic carbocycles. The lowest BCUT2D eigenvalue weighted by atomic mass is 9.91. The van der Waals surface area contributed by atoms with E-state index in [4.69, 9.17) is 0 Å². The molecule has 0 radical (unpaired) electrons. The van der Waals surface area contributed by atoms with Gasteiger partial charge >= 0.3 is 24.7 Å². The first kappa shape index (κ1) is 28.8. The van der Waals surface area contributed by atoms with Crippen LogP contribution >= 0.6 is 0 Å². The van der Waals surface area contributed by atoms with E-state index in [1.54, 1.807) is 0 Å². The number of benzene rings is 2. The van der Waals surface area contributed by atoms with Crippen molar-refractivity contribution in [2.75, 3.05) is 13.2 Å².